The molecule has 1 N–H and O–H groups in total. The van der Waals surface area contributed by atoms with Crippen LogP contribution in [0, 0.1) is 5.92 Å². The van der Waals surface area contributed by atoms with Gasteiger partial charge in [0.15, 0.2) is 5.66 Å². The van der Waals surface area contributed by atoms with Gasteiger partial charge in [-0.3, -0.25) is 4.79 Å². The van der Waals surface area contributed by atoms with Gasteiger partial charge in [-0.2, -0.15) is 0 Å². The summed E-state index contributed by atoms with van der Waals surface area (Å²) in [5.74, 6) is -6.64. The van der Waals surface area contributed by atoms with Gasteiger partial charge >= 0.3 is 17.9 Å². The zero-order chi connectivity index (χ0) is 28.2. The van der Waals surface area contributed by atoms with Crippen molar-refractivity contribution in [2.45, 2.75) is 25.3 Å². The third-order valence-corrected chi connectivity index (χ3v) is 11.2. The summed E-state index contributed by atoms with van der Waals surface area (Å²) in [5, 5.41) is 13.2. The normalized spacial score (nSPS) is 16.4. The Morgan fingerprint density at radius 3 is 1.51 bits per heavy atom. The minimum absolute atomic E-state index is 0.510. The van der Waals surface area contributed by atoms with Crippen LogP contribution in [-0.2, 0) is 33.3 Å². The molecule has 0 spiro atoms. The van der Waals surface area contributed by atoms with Crippen LogP contribution in [0.1, 0.15) is 13.8 Å². The van der Waals surface area contributed by atoms with Gasteiger partial charge in [-0.15, -0.1) is 0 Å². The average molecular weight is 550 g/mol. The number of ether oxygens (including phenoxy) is 4. The van der Waals surface area contributed by atoms with Crippen molar-refractivity contribution in [3.8, 4) is 0 Å². The second kappa shape index (κ2) is 11.3. The van der Waals surface area contributed by atoms with Gasteiger partial charge in [0.05, 0.1) is 14.2 Å². The summed E-state index contributed by atoms with van der Waals surface area (Å²) in [4.78, 5) is 41.0. The van der Waals surface area contributed by atoms with Crippen molar-refractivity contribution in [1.29, 1.82) is 0 Å². The summed E-state index contributed by atoms with van der Waals surface area (Å²) in [7, 11) is -0.834. The van der Waals surface area contributed by atoms with Crippen LogP contribution in [0.4, 0.5) is 0 Å². The molecule has 0 amide bonds. The highest BCUT2D eigenvalue weighted by molar-refractivity contribution is 7.97. The lowest BCUT2D eigenvalue weighted by molar-refractivity contribution is -0.223. The van der Waals surface area contributed by atoms with Crippen molar-refractivity contribution in [3.05, 3.63) is 103 Å². The van der Waals surface area contributed by atoms with Crippen LogP contribution in [0.25, 0.3) is 0 Å². The average Bonchev–Trinajstić information content (AvgIpc) is 2.94. The summed E-state index contributed by atoms with van der Waals surface area (Å²) in [6.07, 6.45) is 0. The van der Waals surface area contributed by atoms with Gasteiger partial charge in [-0.1, -0.05) is 54.6 Å². The van der Waals surface area contributed by atoms with E-state index < -0.39 is 54.1 Å². The van der Waals surface area contributed by atoms with Crippen molar-refractivity contribution >= 4 is 41.1 Å². The fourth-order valence-electron chi connectivity index (χ4n) is 5.02. The van der Waals surface area contributed by atoms with Gasteiger partial charge in [-0.05, 0) is 36.4 Å². The van der Waals surface area contributed by atoms with Gasteiger partial charge in [0.1, 0.15) is 34.7 Å². The Balaban J connectivity index is 2.17. The molecule has 8 nitrogen and oxygen atoms in total. The van der Waals surface area contributed by atoms with E-state index >= 15 is 0 Å². The Morgan fingerprint density at radius 2 is 1.15 bits per heavy atom. The van der Waals surface area contributed by atoms with Crippen LogP contribution in [0.5, 0.6) is 0 Å². The highest BCUT2D eigenvalue weighted by atomic mass is 31.2. The first-order chi connectivity index (χ1) is 18.7. The lowest BCUT2D eigenvalue weighted by atomic mass is 9.94. The maximum Gasteiger partial charge on any atom is 0.349 e. The fraction of sp³-hybridized carbons (Fsp3) is 0.233. The smallest absolute Gasteiger partial charge is 0.349 e. The number of esters is 3. The minimum Gasteiger partial charge on any atom is -0.480 e. The number of cyclic esters (lactones) is 1. The molecule has 3 aromatic rings. The number of carbonyl (C=O) groups excluding carboxylic acids is 3. The van der Waals surface area contributed by atoms with Crippen LogP contribution < -0.4 is 15.9 Å². The maximum atomic E-state index is 14.0. The number of rotatable bonds is 8. The number of methoxy groups -OCH3 is 2. The zero-order valence-corrected chi connectivity index (χ0v) is 23.0. The predicted octanol–water partition coefficient (Wildman–Crippen LogP) is 3.39. The van der Waals surface area contributed by atoms with Gasteiger partial charge < -0.3 is 24.1 Å². The monoisotopic (exact) mass is 549 g/mol. The number of benzene rings is 3. The molecular weight excluding hydrogens is 519 g/mol. The third kappa shape index (κ3) is 5.12. The van der Waals surface area contributed by atoms with Crippen LogP contribution in [-0.4, -0.2) is 48.7 Å². The van der Waals surface area contributed by atoms with Crippen molar-refractivity contribution in [2.75, 3.05) is 14.2 Å². The summed E-state index contributed by atoms with van der Waals surface area (Å²) in [5.41, 5.74) is -1.86. The van der Waals surface area contributed by atoms with E-state index in [0.29, 0.717) is 0 Å². The molecule has 1 aliphatic rings. The van der Waals surface area contributed by atoms with E-state index in [2.05, 4.69) is 0 Å². The lowest BCUT2D eigenvalue weighted by Crippen LogP contribution is -2.51. The number of aliphatic hydroxyl groups excluding tert-OH is 1. The minimum atomic E-state index is -3.20. The molecule has 1 aliphatic heterocycles. The Kier molecular flexibility index (Phi) is 8.07. The first kappa shape index (κ1) is 27.9. The number of aliphatic hydroxyl groups is 1. The van der Waals surface area contributed by atoms with Crippen molar-refractivity contribution < 1.29 is 38.4 Å². The summed E-state index contributed by atoms with van der Waals surface area (Å²) < 4.78 is 21.4. The molecule has 1 heterocycles. The molecule has 0 radical (unpaired) electrons. The van der Waals surface area contributed by atoms with Crippen LogP contribution in [0.15, 0.2) is 103 Å². The fourth-order valence-corrected chi connectivity index (χ4v) is 9.95. The highest BCUT2D eigenvalue weighted by Crippen LogP contribution is 2.63. The Hall–Kier alpha value is -4.16. The largest absolute Gasteiger partial charge is 0.480 e. The molecule has 9 heteroatoms. The van der Waals surface area contributed by atoms with Crippen LogP contribution in [0.3, 0.4) is 0 Å². The predicted molar refractivity (Wildman–Crippen MR) is 147 cm³/mol. The molecule has 2 atom stereocenters. The third-order valence-electron chi connectivity index (χ3n) is 6.56. The van der Waals surface area contributed by atoms with Crippen molar-refractivity contribution in [1.82, 2.24) is 0 Å². The second-order valence-corrected chi connectivity index (χ2v) is 12.9. The van der Waals surface area contributed by atoms with Crippen molar-refractivity contribution in [3.63, 3.8) is 0 Å². The first-order valence-corrected chi connectivity index (χ1v) is 14.1. The molecule has 3 aromatic carbocycles. The number of hydrogen-bond donors (Lipinski definition) is 1. The second-order valence-electron chi connectivity index (χ2n) is 9.31. The molecule has 0 fully saturated rings. The van der Waals surface area contributed by atoms with Crippen molar-refractivity contribution in [2.24, 2.45) is 5.92 Å². The molecule has 0 bridgehead atoms. The molecule has 0 aliphatic carbocycles. The van der Waals surface area contributed by atoms with Gasteiger partial charge in [0, 0.05) is 13.8 Å². The molecular formula is C30H30O8P+. The molecule has 0 unspecified atom stereocenters. The molecule has 0 saturated heterocycles. The molecule has 4 rings (SSSR count). The van der Waals surface area contributed by atoms with Crippen LogP contribution >= 0.6 is 7.26 Å². The number of carbonyl (C=O) groups is 3. The Labute approximate surface area is 227 Å². The number of hydrogen-bond acceptors (Lipinski definition) is 8. The first-order valence-electron chi connectivity index (χ1n) is 12.2. The lowest BCUT2D eigenvalue weighted by Gasteiger charge is -2.38. The topological polar surface area (TPSA) is 108 Å². The SMILES string of the molecule is COC(=O)[C@H](C1=C(O)OC(C)(C)OC1=O)[C@@H](C(=O)OC)[P+](c1ccccc1)(c1ccccc1)c1ccccc1. The Bertz CT molecular complexity index is 1270. The summed E-state index contributed by atoms with van der Waals surface area (Å²) >= 11 is 0. The van der Waals surface area contributed by atoms with Crippen LogP contribution in [0.2, 0.25) is 0 Å². The van der Waals surface area contributed by atoms with Gasteiger partial charge in [0.25, 0.3) is 11.7 Å². The highest BCUT2D eigenvalue weighted by Gasteiger charge is 2.64. The van der Waals surface area contributed by atoms with Gasteiger partial charge in [0.2, 0.25) is 0 Å². The molecule has 202 valence electrons. The molecule has 0 aromatic heterocycles. The van der Waals surface area contributed by atoms with E-state index in [0.717, 1.165) is 23.0 Å². The van der Waals surface area contributed by atoms with E-state index in [9.17, 15) is 19.5 Å². The van der Waals surface area contributed by atoms with Gasteiger partial charge in [-0.25, -0.2) is 9.59 Å². The van der Waals surface area contributed by atoms with E-state index in [1.807, 2.05) is 91.0 Å². The summed E-state index contributed by atoms with van der Waals surface area (Å²) in [6, 6.07) is 27.9. The van der Waals surface area contributed by atoms with E-state index in [1.54, 1.807) is 0 Å². The zero-order valence-electron chi connectivity index (χ0n) is 22.1. The standard InChI is InChI=1S/C30H29O8P/c1-30(2)37-27(32)24(28(33)38-30)23(26(31)35-3)25(29(34)36-4)39(20-14-8-5-9-15-20,21-16-10-6-11-17-21)22-18-12-7-13-19-22/h5-19,23,25H,1-4H3/p+1/t23-,25+/m1/s1. The maximum absolute atomic E-state index is 14.0. The van der Waals surface area contributed by atoms with E-state index in [-0.39, 0.29) is 0 Å². The molecule has 0 saturated carbocycles. The van der Waals surface area contributed by atoms with E-state index in [4.69, 9.17) is 18.9 Å². The summed E-state index contributed by atoms with van der Waals surface area (Å²) in [6.45, 7) is 2.89. The molecule has 39 heavy (non-hydrogen) atoms. The van der Waals surface area contributed by atoms with E-state index in [1.165, 1.54) is 21.0 Å². The Morgan fingerprint density at radius 1 is 0.744 bits per heavy atom. The quantitative estimate of drug-likeness (QED) is 0.259.